The molecule has 0 aliphatic carbocycles. The van der Waals surface area contributed by atoms with E-state index in [2.05, 4.69) is 53.2 Å². The van der Waals surface area contributed by atoms with E-state index in [0.717, 1.165) is 19.1 Å². The molecule has 1 aromatic carbocycles. The van der Waals surface area contributed by atoms with Crippen LogP contribution in [0.4, 0.5) is 0 Å². The maximum absolute atomic E-state index is 14.4. The minimum absolute atomic E-state index is 0.0301. The fourth-order valence-corrected chi connectivity index (χ4v) is 8.07. The summed E-state index contributed by atoms with van der Waals surface area (Å²) in [4.78, 5) is 150. The molecule has 0 saturated carbocycles. The molecule has 1 aliphatic heterocycles. The number of primary amides is 1. The number of benzene rings is 1. The minimum Gasteiger partial charge on any atom is -0.446 e. The van der Waals surface area contributed by atoms with E-state index in [1.807, 2.05) is 0 Å². The van der Waals surface area contributed by atoms with E-state index in [1.54, 1.807) is 44.2 Å². The van der Waals surface area contributed by atoms with Crippen LogP contribution in [0.25, 0.3) is 0 Å². The quantitative estimate of drug-likeness (QED) is 0.0517. The number of hydrogen-bond donors (Lipinski definition) is 17. The van der Waals surface area contributed by atoms with Crippen molar-refractivity contribution in [2.45, 2.75) is 132 Å². The van der Waals surface area contributed by atoms with E-state index < -0.39 is 163 Å². The van der Waals surface area contributed by atoms with Crippen molar-refractivity contribution in [3.63, 3.8) is 0 Å². The van der Waals surface area contributed by atoms with Gasteiger partial charge in [-0.05, 0) is 89.2 Å². The van der Waals surface area contributed by atoms with E-state index in [1.165, 1.54) is 6.92 Å². The van der Waals surface area contributed by atoms with Gasteiger partial charge in [-0.1, -0.05) is 44.2 Å². The standard InChI is InChI=1S/C49H76N14O15/c1-25(2)20-32-42(71)57-30(13-17-51)45(74)63-49(24-65,15-18-52)23-55-37(26(3)66)47(76)54-19-14-31(41(70)56-29(12-16-50)40(69)60-33(43(72)59-32)21-28-8-6-5-7-9-28)58-44(73)34(22-64)61-48(77)38(27(4)67)62-46(75)36-11-10-35(78-36)39(53)68/h5-11,24-27,29-34,37-38,55,64,66-67H,12-23,50-52H2,1-4H3,(H2,53,68)(H,54,76)(H,56,70)(H,57,71)(H,58,73)(H,59,72)(H,60,69)(H,61,77)(H,62,75)(H,63,74)/t26-,27-,29+,30+,31+,32+,33-,34-,37+,38+,49-/m1/s1. The van der Waals surface area contributed by atoms with Crippen molar-refractivity contribution in [2.75, 3.05) is 39.3 Å². The van der Waals surface area contributed by atoms with Gasteiger partial charge in [0, 0.05) is 19.5 Å². The van der Waals surface area contributed by atoms with Crippen LogP contribution in [0.5, 0.6) is 0 Å². The van der Waals surface area contributed by atoms with Crippen molar-refractivity contribution < 1.29 is 72.5 Å². The van der Waals surface area contributed by atoms with Crippen LogP contribution in [0.15, 0.2) is 46.9 Å². The molecule has 0 spiro atoms. The fraction of sp³-hybridized carbons (Fsp3) is 0.571. The molecule has 3 rings (SSSR count). The number of nitrogens with two attached hydrogens (primary N) is 4. The van der Waals surface area contributed by atoms with Crippen LogP contribution < -0.4 is 76.1 Å². The summed E-state index contributed by atoms with van der Waals surface area (Å²) in [6.45, 7) is 3.29. The minimum atomic E-state index is -1.90. The summed E-state index contributed by atoms with van der Waals surface area (Å²) in [7, 11) is 0. The maximum atomic E-state index is 14.4. The zero-order valence-electron chi connectivity index (χ0n) is 44.0. The Morgan fingerprint density at radius 3 is 1.87 bits per heavy atom. The average molecular weight is 1100 g/mol. The first-order chi connectivity index (χ1) is 36.9. The van der Waals surface area contributed by atoms with Crippen LogP contribution in [0.1, 0.15) is 86.5 Å². The van der Waals surface area contributed by atoms with E-state index >= 15 is 0 Å². The molecule has 10 amide bonds. The number of carbonyl (C=O) groups is 11. The van der Waals surface area contributed by atoms with Crippen LogP contribution in [-0.4, -0.2) is 186 Å². The van der Waals surface area contributed by atoms with Gasteiger partial charge in [-0.15, -0.1) is 0 Å². The maximum Gasteiger partial charge on any atom is 0.287 e. The molecule has 29 nitrogen and oxygen atoms in total. The van der Waals surface area contributed by atoms with E-state index in [9.17, 15) is 68.1 Å². The lowest BCUT2D eigenvalue weighted by atomic mass is 9.94. The molecule has 2 heterocycles. The van der Waals surface area contributed by atoms with Gasteiger partial charge in [-0.25, -0.2) is 0 Å². The van der Waals surface area contributed by atoms with Crippen LogP contribution in [-0.2, 0) is 49.6 Å². The molecule has 1 aliphatic rings. The first-order valence-corrected chi connectivity index (χ1v) is 25.4. The normalized spacial score (nSPS) is 24.0. The Bertz CT molecular complexity index is 2390. The number of aliphatic hydroxyl groups excluding tert-OH is 3. The van der Waals surface area contributed by atoms with Crippen LogP contribution >= 0.6 is 0 Å². The summed E-state index contributed by atoms with van der Waals surface area (Å²) in [5.41, 5.74) is 21.6. The highest BCUT2D eigenvalue weighted by Gasteiger charge is 2.39. The summed E-state index contributed by atoms with van der Waals surface area (Å²) in [5, 5.41) is 56.6. The van der Waals surface area contributed by atoms with E-state index in [4.69, 9.17) is 27.4 Å². The van der Waals surface area contributed by atoms with Gasteiger partial charge in [-0.3, -0.25) is 47.9 Å². The van der Waals surface area contributed by atoms with E-state index in [-0.39, 0.29) is 57.7 Å². The van der Waals surface area contributed by atoms with Gasteiger partial charge in [0.05, 0.1) is 18.8 Å². The van der Waals surface area contributed by atoms with Gasteiger partial charge < -0.3 is 101 Å². The molecule has 1 fully saturated rings. The molecular weight excluding hydrogens is 1020 g/mol. The zero-order valence-corrected chi connectivity index (χ0v) is 44.0. The van der Waals surface area contributed by atoms with Gasteiger partial charge in [0.15, 0.2) is 11.5 Å². The average Bonchev–Trinajstić information content (AvgIpc) is 3.89. The smallest absolute Gasteiger partial charge is 0.287 e. The van der Waals surface area contributed by atoms with E-state index in [0.29, 0.717) is 11.8 Å². The second-order valence-electron chi connectivity index (χ2n) is 19.2. The summed E-state index contributed by atoms with van der Waals surface area (Å²) < 4.78 is 5.07. The van der Waals surface area contributed by atoms with Gasteiger partial charge in [0.1, 0.15) is 60.2 Å². The number of aliphatic hydroxyl groups is 3. The molecule has 0 unspecified atom stereocenters. The highest BCUT2D eigenvalue weighted by molar-refractivity contribution is 6.00. The molecule has 0 bridgehead atoms. The number of hydrogen-bond acceptors (Lipinski definition) is 19. The van der Waals surface area contributed by atoms with Gasteiger partial charge >= 0.3 is 0 Å². The molecule has 1 saturated heterocycles. The SMILES string of the molecule is CC(C)C[C@@H]1NC(=O)[C@@H](Cc2ccccc2)NC(=O)[C@H](CCN)NC(=O)[C@@H](NC(=O)[C@@H](CO)NC(=O)[C@@H](NC(=O)c2ccc(C(N)=O)o2)[C@@H](C)O)CCNC(=O)[C@H]([C@@H](C)O)NC[C@@](C=O)(CCN)NC(=O)[C@H](CCN)NC1=O. The van der Waals surface area contributed by atoms with Crippen molar-refractivity contribution in [2.24, 2.45) is 28.9 Å². The Labute approximate surface area is 450 Å². The number of carbonyl (C=O) groups excluding carboxylic acids is 11. The van der Waals surface area contributed by atoms with Crippen molar-refractivity contribution >= 4 is 65.4 Å². The molecule has 432 valence electrons. The number of amides is 10. The summed E-state index contributed by atoms with van der Waals surface area (Å²) in [6.07, 6.45) is -3.95. The Hall–Kier alpha value is -7.41. The molecule has 21 N–H and O–H groups in total. The van der Waals surface area contributed by atoms with Crippen LogP contribution in [0.3, 0.4) is 0 Å². The van der Waals surface area contributed by atoms with Crippen molar-refractivity contribution in [1.29, 1.82) is 0 Å². The fourth-order valence-electron chi connectivity index (χ4n) is 8.07. The number of furan rings is 1. The second-order valence-corrected chi connectivity index (χ2v) is 19.2. The Morgan fingerprint density at radius 1 is 0.744 bits per heavy atom. The van der Waals surface area contributed by atoms with Crippen molar-refractivity contribution in [3.8, 4) is 0 Å². The lowest BCUT2D eigenvalue weighted by molar-refractivity contribution is -0.136. The Kier molecular flexibility index (Phi) is 26.4. The number of nitrogens with one attached hydrogen (secondary N) is 10. The van der Waals surface area contributed by atoms with Crippen LogP contribution in [0.2, 0.25) is 0 Å². The predicted octanol–water partition coefficient (Wildman–Crippen LogP) is -6.99. The van der Waals surface area contributed by atoms with Crippen molar-refractivity contribution in [1.82, 2.24) is 53.2 Å². The molecule has 29 heteroatoms. The lowest BCUT2D eigenvalue weighted by Crippen LogP contribution is -2.64. The van der Waals surface area contributed by atoms with Gasteiger partial charge in [-0.2, -0.15) is 0 Å². The molecule has 1 aromatic heterocycles. The zero-order chi connectivity index (χ0) is 58.3. The highest BCUT2D eigenvalue weighted by atomic mass is 16.4. The first-order valence-electron chi connectivity index (χ1n) is 25.4. The highest BCUT2D eigenvalue weighted by Crippen LogP contribution is 2.13. The van der Waals surface area contributed by atoms with Crippen molar-refractivity contribution in [3.05, 3.63) is 59.5 Å². The van der Waals surface area contributed by atoms with Gasteiger partial charge in [0.25, 0.3) is 11.8 Å². The third-order valence-corrected chi connectivity index (χ3v) is 12.3. The number of rotatable bonds is 21. The third-order valence-electron chi connectivity index (χ3n) is 12.3. The first kappa shape index (κ1) is 64.9. The Balaban J connectivity index is 2.11. The summed E-state index contributed by atoms with van der Waals surface area (Å²) in [5.74, 6) is -11.1. The molecule has 0 radical (unpaired) electrons. The topological polar surface area (TPSA) is 486 Å². The number of aldehydes is 1. The molecule has 78 heavy (non-hydrogen) atoms. The van der Waals surface area contributed by atoms with Gasteiger partial charge in [0.2, 0.25) is 47.3 Å². The summed E-state index contributed by atoms with van der Waals surface area (Å²) in [6, 6.07) is -1.98. The molecule has 2 aromatic rings. The molecular formula is C49H76N14O15. The third kappa shape index (κ3) is 19.9. The monoisotopic (exact) mass is 1100 g/mol. The molecule has 11 atom stereocenters. The lowest BCUT2D eigenvalue weighted by Gasteiger charge is -2.33. The van der Waals surface area contributed by atoms with Crippen LogP contribution in [0, 0.1) is 5.92 Å². The second kappa shape index (κ2) is 31.7. The predicted molar refractivity (Wildman–Crippen MR) is 277 cm³/mol. The Morgan fingerprint density at radius 2 is 1.32 bits per heavy atom. The largest absolute Gasteiger partial charge is 0.446 e. The summed E-state index contributed by atoms with van der Waals surface area (Å²) >= 11 is 0.